The van der Waals surface area contributed by atoms with Gasteiger partial charge in [0.15, 0.2) is 6.61 Å². The third kappa shape index (κ3) is 5.80. The lowest BCUT2D eigenvalue weighted by Gasteiger charge is -2.33. The van der Waals surface area contributed by atoms with Crippen molar-refractivity contribution in [3.05, 3.63) is 40.8 Å². The Bertz CT molecular complexity index is 832. The first-order valence-electron chi connectivity index (χ1n) is 9.27. The largest absolute Gasteiger partial charge is 0.484 e. The Morgan fingerprint density at radius 3 is 2.96 bits per heavy atom. The van der Waals surface area contributed by atoms with Crippen molar-refractivity contribution in [1.29, 1.82) is 0 Å². The topological polar surface area (TPSA) is 81.0 Å². The van der Waals surface area contributed by atoms with E-state index in [1.54, 1.807) is 24.3 Å². The lowest BCUT2D eigenvalue weighted by atomic mass is 10.2. The van der Waals surface area contributed by atoms with Crippen LogP contribution in [-0.4, -0.2) is 56.3 Å². The maximum Gasteiger partial charge on any atom is 0.336 e. The summed E-state index contributed by atoms with van der Waals surface area (Å²) < 4.78 is 16.3. The van der Waals surface area contributed by atoms with Crippen LogP contribution in [0.15, 0.2) is 39.5 Å². The predicted octanol–water partition coefficient (Wildman–Crippen LogP) is 1.64. The van der Waals surface area contributed by atoms with Crippen molar-refractivity contribution in [2.75, 3.05) is 39.4 Å². The Balaban J connectivity index is 1.45. The van der Waals surface area contributed by atoms with Crippen molar-refractivity contribution in [2.45, 2.75) is 20.0 Å². The number of nitrogens with one attached hydrogen (secondary N) is 1. The van der Waals surface area contributed by atoms with Crippen LogP contribution in [0.1, 0.15) is 13.8 Å². The minimum Gasteiger partial charge on any atom is -0.484 e. The standard InChI is InChI=1S/C20H26N2O5/c1-14(2)11-22-7-8-25-17(12-22)10-21-19(23)13-26-16-5-3-15-4-6-20(24)27-18(15)9-16/h3-6,9,14,17H,7-8,10-13H2,1-2H3,(H,21,23). The molecule has 1 amide bonds. The van der Waals surface area contributed by atoms with Gasteiger partial charge in [-0.3, -0.25) is 9.69 Å². The van der Waals surface area contributed by atoms with Gasteiger partial charge < -0.3 is 19.2 Å². The van der Waals surface area contributed by atoms with Crippen molar-refractivity contribution in [3.8, 4) is 5.75 Å². The van der Waals surface area contributed by atoms with Crippen molar-refractivity contribution in [3.63, 3.8) is 0 Å². The number of rotatable bonds is 7. The summed E-state index contributed by atoms with van der Waals surface area (Å²) in [6.07, 6.45) is -0.00334. The second-order valence-corrected chi connectivity index (χ2v) is 7.19. The maximum absolute atomic E-state index is 12.1. The lowest BCUT2D eigenvalue weighted by molar-refractivity contribution is -0.124. The smallest absolute Gasteiger partial charge is 0.336 e. The number of amides is 1. The molecule has 0 bridgehead atoms. The fourth-order valence-corrected chi connectivity index (χ4v) is 3.14. The summed E-state index contributed by atoms with van der Waals surface area (Å²) in [5, 5.41) is 3.65. The minimum absolute atomic E-state index is 0.00334. The highest BCUT2D eigenvalue weighted by Crippen LogP contribution is 2.19. The van der Waals surface area contributed by atoms with Crippen LogP contribution in [0.2, 0.25) is 0 Å². The van der Waals surface area contributed by atoms with Gasteiger partial charge in [-0.15, -0.1) is 0 Å². The Kier molecular flexibility index (Phi) is 6.47. The fourth-order valence-electron chi connectivity index (χ4n) is 3.14. The number of hydrogen-bond acceptors (Lipinski definition) is 6. The van der Waals surface area contributed by atoms with E-state index >= 15 is 0 Å². The molecule has 2 heterocycles. The number of fused-ring (bicyclic) bond motifs is 1. The van der Waals surface area contributed by atoms with Crippen molar-refractivity contribution in [2.24, 2.45) is 5.92 Å². The van der Waals surface area contributed by atoms with Crippen LogP contribution in [0.3, 0.4) is 0 Å². The monoisotopic (exact) mass is 374 g/mol. The van der Waals surface area contributed by atoms with Gasteiger partial charge in [0.2, 0.25) is 0 Å². The van der Waals surface area contributed by atoms with Crippen LogP contribution in [0.25, 0.3) is 11.0 Å². The summed E-state index contributed by atoms with van der Waals surface area (Å²) in [4.78, 5) is 25.7. The predicted molar refractivity (Wildman–Crippen MR) is 102 cm³/mol. The van der Waals surface area contributed by atoms with Crippen LogP contribution in [0.5, 0.6) is 5.75 Å². The molecule has 1 unspecified atom stereocenters. The molecule has 146 valence electrons. The average Bonchev–Trinajstić information content (AvgIpc) is 2.64. The van der Waals surface area contributed by atoms with Gasteiger partial charge >= 0.3 is 5.63 Å². The van der Waals surface area contributed by atoms with E-state index in [4.69, 9.17) is 13.9 Å². The van der Waals surface area contributed by atoms with E-state index in [2.05, 4.69) is 24.1 Å². The molecule has 7 heteroatoms. The molecule has 0 aliphatic carbocycles. The zero-order valence-corrected chi connectivity index (χ0v) is 15.8. The average molecular weight is 374 g/mol. The van der Waals surface area contributed by atoms with E-state index in [1.807, 2.05) is 0 Å². The molecule has 3 rings (SSSR count). The molecule has 0 radical (unpaired) electrons. The third-order valence-electron chi connectivity index (χ3n) is 4.34. The molecule has 1 fully saturated rings. The van der Waals surface area contributed by atoms with E-state index in [1.165, 1.54) is 6.07 Å². The molecule has 7 nitrogen and oxygen atoms in total. The van der Waals surface area contributed by atoms with Gasteiger partial charge in [0.25, 0.3) is 5.91 Å². The van der Waals surface area contributed by atoms with E-state index in [9.17, 15) is 9.59 Å². The number of carbonyl (C=O) groups excluding carboxylic acids is 1. The molecule has 1 saturated heterocycles. The van der Waals surface area contributed by atoms with Gasteiger partial charge in [0, 0.05) is 43.7 Å². The van der Waals surface area contributed by atoms with Gasteiger partial charge in [-0.25, -0.2) is 4.79 Å². The van der Waals surface area contributed by atoms with E-state index in [0.717, 1.165) is 25.0 Å². The van der Waals surface area contributed by atoms with E-state index < -0.39 is 5.63 Å². The first-order chi connectivity index (χ1) is 13.0. The summed E-state index contributed by atoms with van der Waals surface area (Å²) in [6, 6.07) is 8.18. The summed E-state index contributed by atoms with van der Waals surface area (Å²) >= 11 is 0. The molecular weight excluding hydrogens is 348 g/mol. The van der Waals surface area contributed by atoms with Gasteiger partial charge in [0.05, 0.1) is 12.7 Å². The molecule has 1 aliphatic rings. The summed E-state index contributed by atoms with van der Waals surface area (Å²) in [6.45, 7) is 8.23. The summed E-state index contributed by atoms with van der Waals surface area (Å²) in [7, 11) is 0. The number of morpholine rings is 1. The first kappa shape index (κ1) is 19.4. The fraction of sp³-hybridized carbons (Fsp3) is 0.500. The van der Waals surface area contributed by atoms with Gasteiger partial charge in [0.1, 0.15) is 11.3 Å². The van der Waals surface area contributed by atoms with Crippen LogP contribution >= 0.6 is 0 Å². The van der Waals surface area contributed by atoms with Crippen LogP contribution in [-0.2, 0) is 9.53 Å². The van der Waals surface area contributed by atoms with Gasteiger partial charge in [-0.05, 0) is 24.1 Å². The minimum atomic E-state index is -0.420. The Morgan fingerprint density at radius 2 is 2.15 bits per heavy atom. The van der Waals surface area contributed by atoms with Crippen molar-refractivity contribution in [1.82, 2.24) is 10.2 Å². The molecule has 1 aliphatic heterocycles. The SMILES string of the molecule is CC(C)CN1CCOC(CNC(=O)COc2ccc3ccc(=O)oc3c2)C1. The molecule has 1 aromatic heterocycles. The molecule has 0 saturated carbocycles. The maximum atomic E-state index is 12.1. The first-order valence-corrected chi connectivity index (χ1v) is 9.27. The molecule has 2 aromatic rings. The second-order valence-electron chi connectivity index (χ2n) is 7.19. The highest BCUT2D eigenvalue weighted by Gasteiger charge is 2.21. The van der Waals surface area contributed by atoms with E-state index in [-0.39, 0.29) is 18.6 Å². The highest BCUT2D eigenvalue weighted by atomic mass is 16.5. The van der Waals surface area contributed by atoms with Crippen molar-refractivity contribution >= 4 is 16.9 Å². The quantitative estimate of drug-likeness (QED) is 0.742. The third-order valence-corrected chi connectivity index (χ3v) is 4.34. The van der Waals surface area contributed by atoms with E-state index in [0.29, 0.717) is 30.4 Å². The van der Waals surface area contributed by atoms with Gasteiger partial charge in [-0.2, -0.15) is 0 Å². The zero-order valence-electron chi connectivity index (χ0n) is 15.8. The second kappa shape index (κ2) is 9.01. The molecule has 1 N–H and O–H groups in total. The number of hydrogen-bond donors (Lipinski definition) is 1. The summed E-state index contributed by atoms with van der Waals surface area (Å²) in [5.41, 5.74) is 0.0117. The van der Waals surface area contributed by atoms with Crippen LogP contribution in [0, 0.1) is 5.92 Å². The molecule has 0 spiro atoms. The lowest BCUT2D eigenvalue weighted by Crippen LogP contribution is -2.48. The Labute approximate surface area is 158 Å². The van der Waals surface area contributed by atoms with Crippen molar-refractivity contribution < 1.29 is 18.7 Å². The molecule has 27 heavy (non-hydrogen) atoms. The Morgan fingerprint density at radius 1 is 1.33 bits per heavy atom. The Hall–Kier alpha value is -2.38. The number of nitrogens with zero attached hydrogens (tertiary/aromatic N) is 1. The molecular formula is C20H26N2O5. The number of ether oxygens (including phenoxy) is 2. The number of benzene rings is 1. The molecule has 1 atom stereocenters. The molecule has 1 aromatic carbocycles. The van der Waals surface area contributed by atoms with Gasteiger partial charge in [-0.1, -0.05) is 13.8 Å². The summed E-state index contributed by atoms with van der Waals surface area (Å²) in [5.74, 6) is 0.872. The highest BCUT2D eigenvalue weighted by molar-refractivity contribution is 5.79. The van der Waals surface area contributed by atoms with Crippen LogP contribution < -0.4 is 15.7 Å². The normalized spacial score (nSPS) is 18.0. The van der Waals surface area contributed by atoms with Crippen LogP contribution in [0.4, 0.5) is 0 Å². The number of carbonyl (C=O) groups is 1. The zero-order chi connectivity index (χ0) is 19.2.